The van der Waals surface area contributed by atoms with E-state index in [9.17, 15) is 4.79 Å². The number of esters is 1. The van der Waals surface area contributed by atoms with Crippen molar-refractivity contribution in [2.24, 2.45) is 0 Å². The maximum Gasteiger partial charge on any atom is 0.343 e. The SMILES string of the molecule is CCOC(=O)c1c(C)nc(-c2cc(Cl)cc(Cl)c2)nc1N. The van der Waals surface area contributed by atoms with Gasteiger partial charge in [0.25, 0.3) is 0 Å². The zero-order valence-corrected chi connectivity index (χ0v) is 13.0. The molecule has 1 heterocycles. The molecule has 2 rings (SSSR count). The molecule has 0 aliphatic carbocycles. The van der Waals surface area contributed by atoms with Crippen molar-refractivity contribution in [3.8, 4) is 11.4 Å². The lowest BCUT2D eigenvalue weighted by Crippen LogP contribution is -2.13. The fourth-order valence-electron chi connectivity index (χ4n) is 1.86. The molecule has 7 heteroatoms. The summed E-state index contributed by atoms with van der Waals surface area (Å²) in [6.07, 6.45) is 0. The second kappa shape index (κ2) is 6.28. The van der Waals surface area contributed by atoms with Gasteiger partial charge in [-0.1, -0.05) is 23.2 Å². The molecule has 0 aliphatic rings. The Kier molecular flexibility index (Phi) is 4.65. The number of aryl methyl sites for hydroxylation is 1. The van der Waals surface area contributed by atoms with E-state index in [1.54, 1.807) is 32.0 Å². The summed E-state index contributed by atoms with van der Waals surface area (Å²) in [5, 5.41) is 0.929. The minimum absolute atomic E-state index is 0.0621. The molecule has 0 amide bonds. The van der Waals surface area contributed by atoms with Crippen LogP contribution in [0.15, 0.2) is 18.2 Å². The molecular formula is C14H13Cl2N3O2. The molecule has 1 aromatic carbocycles. The third kappa shape index (κ3) is 3.43. The lowest BCUT2D eigenvalue weighted by atomic mass is 10.1. The highest BCUT2D eigenvalue weighted by molar-refractivity contribution is 6.35. The number of rotatable bonds is 3. The molecule has 0 saturated carbocycles. The van der Waals surface area contributed by atoms with Crippen molar-refractivity contribution < 1.29 is 9.53 Å². The number of benzene rings is 1. The smallest absolute Gasteiger partial charge is 0.343 e. The summed E-state index contributed by atoms with van der Waals surface area (Å²) in [6, 6.07) is 4.95. The Balaban J connectivity index is 2.51. The monoisotopic (exact) mass is 325 g/mol. The van der Waals surface area contributed by atoms with Crippen LogP contribution in [-0.2, 0) is 4.74 Å². The van der Waals surface area contributed by atoms with Crippen molar-refractivity contribution in [1.29, 1.82) is 0 Å². The van der Waals surface area contributed by atoms with Gasteiger partial charge in [0.05, 0.1) is 12.3 Å². The number of carbonyl (C=O) groups is 1. The van der Waals surface area contributed by atoms with Crippen LogP contribution in [0, 0.1) is 6.92 Å². The van der Waals surface area contributed by atoms with Gasteiger partial charge in [0.2, 0.25) is 0 Å². The lowest BCUT2D eigenvalue weighted by Gasteiger charge is -2.10. The number of nitrogens with zero attached hydrogens (tertiary/aromatic N) is 2. The van der Waals surface area contributed by atoms with Gasteiger partial charge in [-0.05, 0) is 32.0 Å². The maximum absolute atomic E-state index is 11.8. The highest BCUT2D eigenvalue weighted by Gasteiger charge is 2.18. The van der Waals surface area contributed by atoms with E-state index in [-0.39, 0.29) is 18.0 Å². The quantitative estimate of drug-likeness (QED) is 0.873. The molecule has 0 bridgehead atoms. The summed E-state index contributed by atoms with van der Waals surface area (Å²) >= 11 is 11.9. The predicted octanol–water partition coefficient (Wildman–Crippen LogP) is 3.52. The third-order valence-electron chi connectivity index (χ3n) is 2.72. The summed E-state index contributed by atoms with van der Waals surface area (Å²) in [5.41, 5.74) is 7.08. The molecule has 5 nitrogen and oxygen atoms in total. The van der Waals surface area contributed by atoms with Crippen molar-refractivity contribution in [2.75, 3.05) is 12.3 Å². The Morgan fingerprint density at radius 1 is 1.24 bits per heavy atom. The summed E-state index contributed by atoms with van der Waals surface area (Å²) < 4.78 is 4.93. The van der Waals surface area contributed by atoms with Crippen molar-refractivity contribution in [3.63, 3.8) is 0 Å². The Labute approximate surface area is 132 Å². The van der Waals surface area contributed by atoms with Gasteiger partial charge in [-0.2, -0.15) is 0 Å². The van der Waals surface area contributed by atoms with Gasteiger partial charge >= 0.3 is 5.97 Å². The van der Waals surface area contributed by atoms with Crippen LogP contribution in [0.3, 0.4) is 0 Å². The molecule has 0 aliphatic heterocycles. The fraction of sp³-hybridized carbons (Fsp3) is 0.214. The number of carbonyl (C=O) groups excluding carboxylic acids is 1. The Morgan fingerprint density at radius 2 is 1.86 bits per heavy atom. The highest BCUT2D eigenvalue weighted by atomic mass is 35.5. The van der Waals surface area contributed by atoms with E-state index >= 15 is 0 Å². The van der Waals surface area contributed by atoms with Crippen LogP contribution in [0.1, 0.15) is 23.0 Å². The summed E-state index contributed by atoms with van der Waals surface area (Å²) in [7, 11) is 0. The molecule has 2 N–H and O–H groups in total. The first-order valence-electron chi connectivity index (χ1n) is 6.20. The van der Waals surface area contributed by atoms with Crippen molar-refractivity contribution in [2.45, 2.75) is 13.8 Å². The van der Waals surface area contributed by atoms with E-state index < -0.39 is 5.97 Å². The Hall–Kier alpha value is -1.85. The molecule has 0 fully saturated rings. The van der Waals surface area contributed by atoms with Gasteiger partial charge in [-0.25, -0.2) is 14.8 Å². The van der Waals surface area contributed by atoms with Gasteiger partial charge in [0.15, 0.2) is 5.82 Å². The molecule has 110 valence electrons. The minimum atomic E-state index is -0.539. The van der Waals surface area contributed by atoms with E-state index in [1.807, 2.05) is 0 Å². The maximum atomic E-state index is 11.8. The van der Waals surface area contributed by atoms with E-state index in [4.69, 9.17) is 33.7 Å². The third-order valence-corrected chi connectivity index (χ3v) is 3.15. The Bertz CT molecular complexity index is 661. The first-order chi connectivity index (χ1) is 9.92. The average Bonchev–Trinajstić information content (AvgIpc) is 2.36. The minimum Gasteiger partial charge on any atom is -0.462 e. The van der Waals surface area contributed by atoms with E-state index in [0.29, 0.717) is 27.1 Å². The van der Waals surface area contributed by atoms with Crippen LogP contribution in [-0.4, -0.2) is 22.5 Å². The molecule has 0 unspecified atom stereocenters. The largest absolute Gasteiger partial charge is 0.462 e. The number of anilines is 1. The Morgan fingerprint density at radius 3 is 2.38 bits per heavy atom. The van der Waals surface area contributed by atoms with Crippen molar-refractivity contribution in [1.82, 2.24) is 9.97 Å². The van der Waals surface area contributed by atoms with Gasteiger partial charge in [0, 0.05) is 15.6 Å². The topological polar surface area (TPSA) is 78.1 Å². The van der Waals surface area contributed by atoms with Crippen LogP contribution in [0.25, 0.3) is 11.4 Å². The van der Waals surface area contributed by atoms with Gasteiger partial charge in [-0.3, -0.25) is 0 Å². The van der Waals surface area contributed by atoms with Gasteiger partial charge in [0.1, 0.15) is 11.4 Å². The van der Waals surface area contributed by atoms with Crippen LogP contribution >= 0.6 is 23.2 Å². The van der Waals surface area contributed by atoms with Crippen LogP contribution in [0.2, 0.25) is 10.0 Å². The number of halogens is 2. The molecule has 1 aromatic heterocycles. The normalized spacial score (nSPS) is 10.5. The van der Waals surface area contributed by atoms with Crippen molar-refractivity contribution >= 4 is 35.0 Å². The van der Waals surface area contributed by atoms with Gasteiger partial charge in [-0.15, -0.1) is 0 Å². The van der Waals surface area contributed by atoms with Crippen LogP contribution in [0.5, 0.6) is 0 Å². The first kappa shape index (κ1) is 15.5. The number of hydrogen-bond acceptors (Lipinski definition) is 5. The highest BCUT2D eigenvalue weighted by Crippen LogP contribution is 2.27. The lowest BCUT2D eigenvalue weighted by molar-refractivity contribution is 0.0526. The van der Waals surface area contributed by atoms with Crippen LogP contribution in [0.4, 0.5) is 5.82 Å². The molecule has 0 saturated heterocycles. The number of hydrogen-bond donors (Lipinski definition) is 1. The molecular weight excluding hydrogens is 313 g/mol. The second-order valence-electron chi connectivity index (χ2n) is 4.27. The molecule has 21 heavy (non-hydrogen) atoms. The number of nitrogen functional groups attached to an aromatic ring is 1. The number of nitrogens with two attached hydrogens (primary N) is 1. The summed E-state index contributed by atoms with van der Waals surface area (Å²) in [4.78, 5) is 20.2. The van der Waals surface area contributed by atoms with Gasteiger partial charge < -0.3 is 10.5 Å². The number of aromatic nitrogens is 2. The van der Waals surface area contributed by atoms with Crippen molar-refractivity contribution in [3.05, 3.63) is 39.5 Å². The summed E-state index contributed by atoms with van der Waals surface area (Å²) in [6.45, 7) is 3.63. The molecule has 2 aromatic rings. The fourth-order valence-corrected chi connectivity index (χ4v) is 2.39. The molecule has 0 radical (unpaired) electrons. The average molecular weight is 326 g/mol. The first-order valence-corrected chi connectivity index (χ1v) is 6.95. The molecule has 0 atom stereocenters. The van der Waals surface area contributed by atoms with E-state index in [0.717, 1.165) is 0 Å². The second-order valence-corrected chi connectivity index (χ2v) is 5.14. The summed E-state index contributed by atoms with van der Waals surface area (Å²) in [5.74, 6) is -0.127. The zero-order valence-electron chi connectivity index (χ0n) is 11.5. The zero-order chi connectivity index (χ0) is 15.6. The van der Waals surface area contributed by atoms with Crippen LogP contribution < -0.4 is 5.73 Å². The van der Waals surface area contributed by atoms with E-state index in [2.05, 4.69) is 9.97 Å². The number of ether oxygens (including phenoxy) is 1. The predicted molar refractivity (Wildman–Crippen MR) is 82.6 cm³/mol. The molecule has 0 spiro atoms. The standard InChI is InChI=1S/C14H13Cl2N3O2/c1-3-21-14(20)11-7(2)18-13(19-12(11)17)8-4-9(15)6-10(16)5-8/h4-6H,3H2,1-2H3,(H2,17,18,19). The van der Waals surface area contributed by atoms with E-state index in [1.165, 1.54) is 0 Å².